The Morgan fingerprint density at radius 3 is 3.08 bits per heavy atom. The molecule has 0 aliphatic carbocycles. The third-order valence-corrected chi connectivity index (χ3v) is 4.50. The fourth-order valence-corrected chi connectivity index (χ4v) is 3.20. The average molecular weight is 345 g/mol. The Labute approximate surface area is 144 Å². The first-order valence-electron chi connectivity index (χ1n) is 7.85. The quantitative estimate of drug-likeness (QED) is 0.904. The molecule has 0 unspecified atom stereocenters. The number of aryl methyl sites for hydroxylation is 1. The molecule has 2 heterocycles. The zero-order chi connectivity index (χ0) is 17.1. The van der Waals surface area contributed by atoms with Crippen molar-refractivity contribution in [2.75, 3.05) is 18.1 Å². The molecule has 1 aromatic carbocycles. The molecule has 6 nitrogen and oxygen atoms in total. The van der Waals surface area contributed by atoms with Gasteiger partial charge >= 0.3 is 0 Å². The van der Waals surface area contributed by atoms with Gasteiger partial charge in [-0.2, -0.15) is 0 Å². The van der Waals surface area contributed by atoms with Crippen LogP contribution in [-0.4, -0.2) is 29.9 Å². The van der Waals surface area contributed by atoms with Crippen molar-refractivity contribution in [2.24, 2.45) is 0 Å². The predicted octanol–water partition coefficient (Wildman–Crippen LogP) is 2.52. The zero-order valence-corrected chi connectivity index (χ0v) is 14.5. The summed E-state index contributed by atoms with van der Waals surface area (Å²) in [4.78, 5) is 30.2. The molecule has 1 aliphatic rings. The van der Waals surface area contributed by atoms with Crippen molar-refractivity contribution in [1.82, 2.24) is 10.3 Å². The summed E-state index contributed by atoms with van der Waals surface area (Å²) >= 11 is 1.38. The second-order valence-electron chi connectivity index (χ2n) is 5.62. The van der Waals surface area contributed by atoms with E-state index in [1.165, 1.54) is 11.3 Å². The van der Waals surface area contributed by atoms with Crippen LogP contribution >= 0.6 is 11.3 Å². The first kappa shape index (κ1) is 16.4. The standard InChI is InChI=1S/C17H19N3O3S/c1-3-6-18-17(22)12-10-24-15(19-12)8-20-13-7-11(2)4-5-14(13)23-9-16(20)21/h4-5,7,10H,3,6,8-9H2,1-2H3,(H,18,22). The van der Waals surface area contributed by atoms with E-state index in [-0.39, 0.29) is 18.4 Å². The maximum Gasteiger partial charge on any atom is 0.270 e. The van der Waals surface area contributed by atoms with Gasteiger partial charge in [0.15, 0.2) is 6.61 Å². The van der Waals surface area contributed by atoms with Crippen molar-refractivity contribution in [3.8, 4) is 5.75 Å². The largest absolute Gasteiger partial charge is 0.482 e. The van der Waals surface area contributed by atoms with Crippen LogP contribution in [0.2, 0.25) is 0 Å². The molecule has 0 bridgehead atoms. The van der Waals surface area contributed by atoms with Gasteiger partial charge in [-0.15, -0.1) is 11.3 Å². The van der Waals surface area contributed by atoms with Crippen molar-refractivity contribution < 1.29 is 14.3 Å². The van der Waals surface area contributed by atoms with Crippen molar-refractivity contribution in [2.45, 2.75) is 26.8 Å². The Hall–Kier alpha value is -2.41. The highest BCUT2D eigenvalue weighted by Gasteiger charge is 2.26. The van der Waals surface area contributed by atoms with Crippen molar-refractivity contribution in [3.05, 3.63) is 39.8 Å². The number of hydrogen-bond acceptors (Lipinski definition) is 5. The molecule has 1 N–H and O–H groups in total. The van der Waals surface area contributed by atoms with E-state index < -0.39 is 0 Å². The third kappa shape index (κ3) is 3.41. The molecule has 126 valence electrons. The molecule has 1 aromatic heterocycles. The lowest BCUT2D eigenvalue weighted by atomic mass is 10.1. The summed E-state index contributed by atoms with van der Waals surface area (Å²) in [5.41, 5.74) is 2.20. The minimum absolute atomic E-state index is 0.0191. The van der Waals surface area contributed by atoms with Crippen LogP contribution in [0.5, 0.6) is 5.75 Å². The number of hydrogen-bond donors (Lipinski definition) is 1. The van der Waals surface area contributed by atoms with Crippen LogP contribution in [0.15, 0.2) is 23.6 Å². The van der Waals surface area contributed by atoms with Gasteiger partial charge in [0.1, 0.15) is 16.5 Å². The van der Waals surface area contributed by atoms with Gasteiger partial charge in [0.25, 0.3) is 11.8 Å². The van der Waals surface area contributed by atoms with Crippen molar-refractivity contribution in [3.63, 3.8) is 0 Å². The molecule has 0 saturated carbocycles. The third-order valence-electron chi connectivity index (χ3n) is 3.67. The Bertz CT molecular complexity index is 772. The number of carbonyl (C=O) groups excluding carboxylic acids is 2. The molecule has 1 aliphatic heterocycles. The molecule has 3 rings (SSSR count). The number of nitrogens with one attached hydrogen (secondary N) is 1. The minimum atomic E-state index is -0.177. The molecule has 0 radical (unpaired) electrons. The number of thiazole rings is 1. The van der Waals surface area contributed by atoms with Crippen LogP contribution < -0.4 is 15.0 Å². The van der Waals surface area contributed by atoms with Crippen molar-refractivity contribution >= 4 is 28.8 Å². The van der Waals surface area contributed by atoms with E-state index in [1.807, 2.05) is 32.0 Å². The highest BCUT2D eigenvalue weighted by atomic mass is 32.1. The Morgan fingerprint density at radius 1 is 1.46 bits per heavy atom. The van der Waals surface area contributed by atoms with E-state index >= 15 is 0 Å². The Balaban J connectivity index is 1.79. The van der Waals surface area contributed by atoms with Crippen LogP contribution in [0, 0.1) is 6.92 Å². The normalized spacial score (nSPS) is 13.4. The van der Waals surface area contributed by atoms with E-state index in [0.717, 1.165) is 22.7 Å². The molecule has 7 heteroatoms. The first-order valence-corrected chi connectivity index (χ1v) is 8.73. The summed E-state index contributed by atoms with van der Waals surface area (Å²) in [5, 5.41) is 5.25. The van der Waals surface area contributed by atoms with Crippen LogP contribution in [0.4, 0.5) is 5.69 Å². The molecule has 0 spiro atoms. The van der Waals surface area contributed by atoms with Gasteiger partial charge in [0, 0.05) is 11.9 Å². The number of aromatic nitrogens is 1. The first-order chi connectivity index (χ1) is 11.6. The van der Waals surface area contributed by atoms with E-state index in [9.17, 15) is 9.59 Å². The Morgan fingerprint density at radius 2 is 2.29 bits per heavy atom. The number of nitrogens with zero attached hydrogens (tertiary/aromatic N) is 2. The summed E-state index contributed by atoms with van der Waals surface area (Å²) < 4.78 is 5.47. The van der Waals surface area contributed by atoms with Gasteiger partial charge in [-0.25, -0.2) is 4.98 Å². The van der Waals surface area contributed by atoms with E-state index in [4.69, 9.17) is 4.74 Å². The summed E-state index contributed by atoms with van der Waals surface area (Å²) in [7, 11) is 0. The maximum absolute atomic E-state index is 12.3. The monoisotopic (exact) mass is 345 g/mol. The minimum Gasteiger partial charge on any atom is -0.482 e. The van der Waals surface area contributed by atoms with Crippen molar-refractivity contribution in [1.29, 1.82) is 0 Å². The van der Waals surface area contributed by atoms with Gasteiger partial charge < -0.3 is 10.1 Å². The highest BCUT2D eigenvalue weighted by Crippen LogP contribution is 2.34. The highest BCUT2D eigenvalue weighted by molar-refractivity contribution is 7.09. The number of amides is 2. The molecule has 2 aromatic rings. The summed E-state index contributed by atoms with van der Waals surface area (Å²) in [6.45, 7) is 4.95. The lowest BCUT2D eigenvalue weighted by Gasteiger charge is -2.29. The molecule has 0 atom stereocenters. The molecule has 24 heavy (non-hydrogen) atoms. The van der Waals surface area contributed by atoms with E-state index in [1.54, 1.807) is 10.3 Å². The Kier molecular flexibility index (Phi) is 4.80. The topological polar surface area (TPSA) is 71.5 Å². The number of fused-ring (bicyclic) bond motifs is 1. The number of carbonyl (C=O) groups is 2. The fourth-order valence-electron chi connectivity index (χ4n) is 2.44. The van der Waals surface area contributed by atoms with Gasteiger partial charge in [0.05, 0.1) is 12.2 Å². The number of anilines is 1. The lowest BCUT2D eigenvalue weighted by molar-refractivity contribution is -0.121. The summed E-state index contributed by atoms with van der Waals surface area (Å²) in [5.74, 6) is 0.404. The smallest absolute Gasteiger partial charge is 0.270 e. The lowest BCUT2D eigenvalue weighted by Crippen LogP contribution is -2.38. The van der Waals surface area contributed by atoms with Crippen LogP contribution in [-0.2, 0) is 11.3 Å². The molecule has 2 amide bonds. The maximum atomic E-state index is 12.3. The summed E-state index contributed by atoms with van der Waals surface area (Å²) in [6.07, 6.45) is 0.876. The second-order valence-corrected chi connectivity index (χ2v) is 6.56. The van der Waals surface area contributed by atoms with E-state index in [2.05, 4.69) is 10.3 Å². The van der Waals surface area contributed by atoms with E-state index in [0.29, 0.717) is 24.5 Å². The van der Waals surface area contributed by atoms with Gasteiger partial charge in [-0.1, -0.05) is 13.0 Å². The van der Waals surface area contributed by atoms with Crippen LogP contribution in [0.3, 0.4) is 0 Å². The van der Waals surface area contributed by atoms with Crippen LogP contribution in [0.25, 0.3) is 0 Å². The number of rotatable bonds is 5. The van der Waals surface area contributed by atoms with Crippen LogP contribution in [0.1, 0.15) is 34.4 Å². The zero-order valence-electron chi connectivity index (χ0n) is 13.7. The average Bonchev–Trinajstić information content (AvgIpc) is 3.04. The number of benzene rings is 1. The molecule has 0 saturated heterocycles. The van der Waals surface area contributed by atoms with Gasteiger partial charge in [0.2, 0.25) is 0 Å². The molecular formula is C17H19N3O3S. The SMILES string of the molecule is CCCNC(=O)c1csc(CN2C(=O)COc3ccc(C)cc32)n1. The second kappa shape index (κ2) is 7.00. The molecule has 0 fully saturated rings. The molecular weight excluding hydrogens is 326 g/mol. The van der Waals surface area contributed by atoms with Gasteiger partial charge in [-0.3, -0.25) is 14.5 Å². The van der Waals surface area contributed by atoms with Gasteiger partial charge in [-0.05, 0) is 31.0 Å². The predicted molar refractivity (Wildman–Crippen MR) is 92.6 cm³/mol. The number of ether oxygens (including phenoxy) is 1. The fraction of sp³-hybridized carbons (Fsp3) is 0.353. The summed E-state index contributed by atoms with van der Waals surface area (Å²) in [6, 6.07) is 5.75.